The average Bonchev–Trinajstić information content (AvgIpc) is 3.33. The lowest BCUT2D eigenvalue weighted by atomic mass is 10.1. The summed E-state index contributed by atoms with van der Waals surface area (Å²) in [6.45, 7) is 4.26. The molecule has 0 bridgehead atoms. The van der Waals surface area contributed by atoms with Crippen molar-refractivity contribution in [3.63, 3.8) is 0 Å². The van der Waals surface area contributed by atoms with Crippen molar-refractivity contribution < 1.29 is 9.53 Å². The van der Waals surface area contributed by atoms with Crippen LogP contribution in [0.15, 0.2) is 29.6 Å². The number of anilines is 1. The quantitative estimate of drug-likeness (QED) is 0.627. The lowest BCUT2D eigenvalue weighted by Gasteiger charge is -2.05. The highest BCUT2D eigenvalue weighted by atomic mass is 32.1. The molecule has 0 unspecified atom stereocenters. The Hall–Kier alpha value is -2.32. The molecule has 1 N–H and O–H groups in total. The Kier molecular flexibility index (Phi) is 5.95. The van der Waals surface area contributed by atoms with E-state index in [1.807, 2.05) is 24.3 Å². The number of benzene rings is 1. The summed E-state index contributed by atoms with van der Waals surface area (Å²) in [5.74, 6) is 0.903. The van der Waals surface area contributed by atoms with Gasteiger partial charge in [0.2, 0.25) is 5.13 Å². The highest BCUT2D eigenvalue weighted by molar-refractivity contribution is 7.15. The van der Waals surface area contributed by atoms with Crippen molar-refractivity contribution in [1.82, 2.24) is 15.2 Å². The number of thiazole rings is 1. The first-order chi connectivity index (χ1) is 12.6. The Morgan fingerprint density at radius 1 is 1.19 bits per heavy atom. The first-order valence-electron chi connectivity index (χ1n) is 8.39. The molecular formula is C18H20N4O2S2. The van der Waals surface area contributed by atoms with Crippen molar-refractivity contribution in [2.24, 2.45) is 0 Å². The summed E-state index contributed by atoms with van der Waals surface area (Å²) in [7, 11) is 1.63. The summed E-state index contributed by atoms with van der Waals surface area (Å²) < 4.78 is 5.16. The fourth-order valence-electron chi connectivity index (χ4n) is 2.49. The van der Waals surface area contributed by atoms with Gasteiger partial charge in [-0.25, -0.2) is 4.98 Å². The number of amides is 1. The molecule has 0 fully saturated rings. The third-order valence-corrected chi connectivity index (χ3v) is 5.96. The van der Waals surface area contributed by atoms with Gasteiger partial charge >= 0.3 is 0 Å². The molecular weight excluding hydrogens is 368 g/mol. The van der Waals surface area contributed by atoms with Crippen molar-refractivity contribution in [2.75, 3.05) is 12.4 Å². The zero-order valence-corrected chi connectivity index (χ0v) is 16.5. The summed E-state index contributed by atoms with van der Waals surface area (Å²) in [4.78, 5) is 16.9. The van der Waals surface area contributed by atoms with E-state index >= 15 is 0 Å². The molecule has 0 aliphatic rings. The van der Waals surface area contributed by atoms with Crippen molar-refractivity contribution in [3.05, 3.63) is 40.3 Å². The summed E-state index contributed by atoms with van der Waals surface area (Å²) in [5, 5.41) is 15.1. The number of methoxy groups -OCH3 is 1. The van der Waals surface area contributed by atoms with Gasteiger partial charge in [-0.05, 0) is 37.1 Å². The van der Waals surface area contributed by atoms with Crippen LogP contribution >= 0.6 is 22.7 Å². The molecule has 136 valence electrons. The maximum absolute atomic E-state index is 12.4. The van der Waals surface area contributed by atoms with E-state index in [2.05, 4.69) is 34.3 Å². The molecule has 3 rings (SSSR count). The van der Waals surface area contributed by atoms with E-state index in [9.17, 15) is 4.79 Å². The molecule has 0 saturated heterocycles. The van der Waals surface area contributed by atoms with Gasteiger partial charge in [0.15, 0.2) is 0 Å². The molecule has 0 saturated carbocycles. The van der Waals surface area contributed by atoms with Crippen molar-refractivity contribution in [1.29, 1.82) is 0 Å². The van der Waals surface area contributed by atoms with Gasteiger partial charge in [0, 0.05) is 16.9 Å². The SMILES string of the molecule is CCC(CC)c1nnc(NC(=O)c2csc(-c3ccc(OC)cc3)n2)s1. The normalized spacial score (nSPS) is 10.9. The molecule has 0 atom stereocenters. The molecule has 1 amide bonds. The lowest BCUT2D eigenvalue weighted by Crippen LogP contribution is -2.12. The second kappa shape index (κ2) is 8.37. The number of ether oxygens (including phenoxy) is 1. The maximum atomic E-state index is 12.4. The first kappa shape index (κ1) is 18.5. The molecule has 0 radical (unpaired) electrons. The minimum absolute atomic E-state index is 0.270. The second-order valence-corrected chi connectivity index (χ2v) is 7.55. The van der Waals surface area contributed by atoms with Gasteiger partial charge in [0.25, 0.3) is 5.91 Å². The molecule has 0 aliphatic carbocycles. The third kappa shape index (κ3) is 4.08. The Labute approximate surface area is 160 Å². The van der Waals surface area contributed by atoms with E-state index < -0.39 is 0 Å². The number of carbonyl (C=O) groups is 1. The molecule has 2 heterocycles. The van der Waals surface area contributed by atoms with Crippen LogP contribution in [0.5, 0.6) is 5.75 Å². The molecule has 0 aliphatic heterocycles. The van der Waals surface area contributed by atoms with E-state index in [1.54, 1.807) is 12.5 Å². The van der Waals surface area contributed by atoms with Gasteiger partial charge < -0.3 is 4.74 Å². The van der Waals surface area contributed by atoms with Gasteiger partial charge in [-0.3, -0.25) is 10.1 Å². The van der Waals surface area contributed by atoms with Crippen molar-refractivity contribution in [2.45, 2.75) is 32.6 Å². The summed E-state index contributed by atoms with van der Waals surface area (Å²) in [6, 6.07) is 7.59. The van der Waals surface area contributed by atoms with Crippen LogP contribution in [0.2, 0.25) is 0 Å². The van der Waals surface area contributed by atoms with Gasteiger partial charge in [-0.15, -0.1) is 21.5 Å². The zero-order chi connectivity index (χ0) is 18.5. The summed E-state index contributed by atoms with van der Waals surface area (Å²) in [5.41, 5.74) is 1.32. The van der Waals surface area contributed by atoms with Crippen LogP contribution in [0, 0.1) is 0 Å². The number of nitrogens with one attached hydrogen (secondary N) is 1. The van der Waals surface area contributed by atoms with Crippen molar-refractivity contribution >= 4 is 33.7 Å². The van der Waals surface area contributed by atoms with E-state index in [4.69, 9.17) is 4.74 Å². The van der Waals surface area contributed by atoms with E-state index in [1.165, 1.54) is 22.7 Å². The highest BCUT2D eigenvalue weighted by Gasteiger charge is 2.17. The van der Waals surface area contributed by atoms with Crippen LogP contribution in [0.25, 0.3) is 10.6 Å². The third-order valence-electron chi connectivity index (χ3n) is 4.07. The second-order valence-electron chi connectivity index (χ2n) is 5.68. The monoisotopic (exact) mass is 388 g/mol. The maximum Gasteiger partial charge on any atom is 0.276 e. The number of carbonyl (C=O) groups excluding carboxylic acids is 1. The molecule has 3 aromatic rings. The van der Waals surface area contributed by atoms with Gasteiger partial charge in [-0.1, -0.05) is 25.2 Å². The molecule has 6 nitrogen and oxygen atoms in total. The van der Waals surface area contributed by atoms with Crippen molar-refractivity contribution in [3.8, 4) is 16.3 Å². The largest absolute Gasteiger partial charge is 0.497 e. The predicted octanol–water partition coefficient (Wildman–Crippen LogP) is 4.83. The average molecular weight is 389 g/mol. The predicted molar refractivity (Wildman–Crippen MR) is 105 cm³/mol. The molecule has 26 heavy (non-hydrogen) atoms. The Morgan fingerprint density at radius 2 is 1.92 bits per heavy atom. The molecule has 8 heteroatoms. The van der Waals surface area contributed by atoms with Crippen LogP contribution in [0.4, 0.5) is 5.13 Å². The minimum atomic E-state index is -0.270. The number of nitrogens with zero attached hydrogens (tertiary/aromatic N) is 3. The fourth-order valence-corrected chi connectivity index (χ4v) is 4.30. The Morgan fingerprint density at radius 3 is 2.58 bits per heavy atom. The molecule has 0 spiro atoms. The minimum Gasteiger partial charge on any atom is -0.497 e. The highest BCUT2D eigenvalue weighted by Crippen LogP contribution is 2.29. The standard InChI is InChI=1S/C18H20N4O2S2/c1-4-11(5-2)17-21-22-18(26-17)20-15(23)14-10-25-16(19-14)12-6-8-13(24-3)9-7-12/h6-11H,4-5H2,1-3H3,(H,20,22,23). The van der Waals surface area contributed by atoms with E-state index in [0.29, 0.717) is 16.7 Å². The van der Waals surface area contributed by atoms with Crippen LogP contribution in [0.3, 0.4) is 0 Å². The van der Waals surface area contributed by atoms with Gasteiger partial charge in [0.05, 0.1) is 7.11 Å². The summed E-state index contributed by atoms with van der Waals surface area (Å²) >= 11 is 2.85. The smallest absolute Gasteiger partial charge is 0.276 e. The van der Waals surface area contributed by atoms with Crippen LogP contribution in [-0.2, 0) is 0 Å². The van der Waals surface area contributed by atoms with E-state index in [0.717, 1.165) is 34.2 Å². The number of hydrogen-bond donors (Lipinski definition) is 1. The first-order valence-corrected chi connectivity index (χ1v) is 10.1. The fraction of sp³-hybridized carbons (Fsp3) is 0.333. The molecule has 2 aromatic heterocycles. The Balaban J connectivity index is 1.70. The topological polar surface area (TPSA) is 77.0 Å². The van der Waals surface area contributed by atoms with Gasteiger partial charge in [0.1, 0.15) is 21.5 Å². The van der Waals surface area contributed by atoms with E-state index in [-0.39, 0.29) is 5.91 Å². The lowest BCUT2D eigenvalue weighted by molar-refractivity contribution is 0.102. The van der Waals surface area contributed by atoms with Crippen LogP contribution < -0.4 is 10.1 Å². The summed E-state index contributed by atoms with van der Waals surface area (Å²) in [6.07, 6.45) is 2.02. The number of rotatable bonds is 7. The van der Waals surface area contributed by atoms with Crippen LogP contribution in [0.1, 0.15) is 48.1 Å². The zero-order valence-electron chi connectivity index (χ0n) is 14.9. The Bertz CT molecular complexity index is 869. The number of hydrogen-bond acceptors (Lipinski definition) is 7. The number of aromatic nitrogens is 3. The molecule has 1 aromatic carbocycles. The van der Waals surface area contributed by atoms with Gasteiger partial charge in [-0.2, -0.15) is 0 Å². The van der Waals surface area contributed by atoms with Crippen LogP contribution in [-0.4, -0.2) is 28.2 Å².